The number of alkyl halides is 3. The van der Waals surface area contributed by atoms with Gasteiger partial charge in [0.2, 0.25) is 5.95 Å². The van der Waals surface area contributed by atoms with Crippen molar-refractivity contribution in [3.8, 4) is 0 Å². The SMILES string of the molecule is CC(C)Nc1nc(NCc2cccc(Cl)c2)cc(C(F)(F)F)n1. The van der Waals surface area contributed by atoms with Crippen molar-refractivity contribution in [2.75, 3.05) is 10.6 Å². The van der Waals surface area contributed by atoms with E-state index in [4.69, 9.17) is 11.6 Å². The molecule has 23 heavy (non-hydrogen) atoms. The number of hydrogen-bond donors (Lipinski definition) is 2. The smallest absolute Gasteiger partial charge is 0.366 e. The molecule has 0 atom stereocenters. The first-order valence-corrected chi connectivity index (χ1v) is 7.33. The third kappa shape index (κ3) is 5.28. The molecule has 2 aromatic rings. The van der Waals surface area contributed by atoms with Crippen LogP contribution in [-0.4, -0.2) is 16.0 Å². The number of nitrogens with zero attached hydrogens (tertiary/aromatic N) is 2. The molecule has 1 heterocycles. The number of benzene rings is 1. The lowest BCUT2D eigenvalue weighted by Gasteiger charge is -2.14. The molecule has 8 heteroatoms. The molecule has 124 valence electrons. The number of nitrogens with one attached hydrogen (secondary N) is 2. The van der Waals surface area contributed by atoms with E-state index in [0.29, 0.717) is 11.6 Å². The summed E-state index contributed by atoms with van der Waals surface area (Å²) >= 11 is 5.88. The van der Waals surface area contributed by atoms with E-state index >= 15 is 0 Å². The van der Waals surface area contributed by atoms with Crippen LogP contribution in [0.1, 0.15) is 25.1 Å². The first-order valence-electron chi connectivity index (χ1n) is 6.95. The maximum atomic E-state index is 12.9. The quantitative estimate of drug-likeness (QED) is 0.833. The second-order valence-corrected chi connectivity index (χ2v) is 5.68. The summed E-state index contributed by atoms with van der Waals surface area (Å²) in [5.41, 5.74) is -0.160. The van der Waals surface area contributed by atoms with E-state index in [0.717, 1.165) is 11.6 Å². The Morgan fingerprint density at radius 1 is 1.17 bits per heavy atom. The highest BCUT2D eigenvalue weighted by molar-refractivity contribution is 6.30. The third-order valence-corrected chi connectivity index (χ3v) is 3.03. The van der Waals surface area contributed by atoms with Crippen LogP contribution in [0.4, 0.5) is 24.9 Å². The van der Waals surface area contributed by atoms with Gasteiger partial charge in [-0.15, -0.1) is 0 Å². The molecule has 0 spiro atoms. The Balaban J connectivity index is 2.22. The number of halogens is 4. The maximum absolute atomic E-state index is 12.9. The number of rotatable bonds is 5. The summed E-state index contributed by atoms with van der Waals surface area (Å²) in [6.07, 6.45) is -4.54. The lowest BCUT2D eigenvalue weighted by atomic mass is 10.2. The van der Waals surface area contributed by atoms with Crippen LogP contribution in [0.25, 0.3) is 0 Å². The highest BCUT2D eigenvalue weighted by Gasteiger charge is 2.33. The normalized spacial score (nSPS) is 11.6. The van der Waals surface area contributed by atoms with Crippen LogP contribution in [0, 0.1) is 0 Å². The van der Waals surface area contributed by atoms with Crippen LogP contribution < -0.4 is 10.6 Å². The topological polar surface area (TPSA) is 49.8 Å². The molecule has 0 aliphatic heterocycles. The predicted molar refractivity (Wildman–Crippen MR) is 84.6 cm³/mol. The van der Waals surface area contributed by atoms with Crippen LogP contribution in [-0.2, 0) is 12.7 Å². The van der Waals surface area contributed by atoms with Gasteiger partial charge in [-0.3, -0.25) is 0 Å². The van der Waals surface area contributed by atoms with Gasteiger partial charge in [-0.1, -0.05) is 23.7 Å². The summed E-state index contributed by atoms with van der Waals surface area (Å²) in [4.78, 5) is 7.56. The molecule has 0 amide bonds. The van der Waals surface area contributed by atoms with E-state index in [1.54, 1.807) is 32.0 Å². The maximum Gasteiger partial charge on any atom is 0.433 e. The molecule has 1 aromatic heterocycles. The zero-order valence-corrected chi connectivity index (χ0v) is 13.3. The lowest BCUT2D eigenvalue weighted by molar-refractivity contribution is -0.141. The highest BCUT2D eigenvalue weighted by atomic mass is 35.5. The van der Waals surface area contributed by atoms with Gasteiger partial charge in [-0.05, 0) is 31.5 Å². The number of hydrogen-bond acceptors (Lipinski definition) is 4. The Hall–Kier alpha value is -2.02. The van der Waals surface area contributed by atoms with Crippen LogP contribution in [0.5, 0.6) is 0 Å². The molecular formula is C15H16ClF3N4. The third-order valence-electron chi connectivity index (χ3n) is 2.80. The minimum absolute atomic E-state index is 0.0663. The van der Waals surface area contributed by atoms with E-state index in [1.807, 2.05) is 6.07 Å². The van der Waals surface area contributed by atoms with E-state index in [-0.39, 0.29) is 17.8 Å². The average molecular weight is 345 g/mol. The molecule has 0 saturated heterocycles. The molecule has 4 nitrogen and oxygen atoms in total. The minimum atomic E-state index is -4.54. The van der Waals surface area contributed by atoms with Crippen molar-refractivity contribution in [1.29, 1.82) is 0 Å². The van der Waals surface area contributed by atoms with Gasteiger partial charge in [0.25, 0.3) is 0 Å². The molecule has 2 N–H and O–H groups in total. The van der Waals surface area contributed by atoms with Crippen molar-refractivity contribution in [3.63, 3.8) is 0 Å². The fraction of sp³-hybridized carbons (Fsp3) is 0.333. The summed E-state index contributed by atoms with van der Waals surface area (Å²) < 4.78 is 38.8. The van der Waals surface area contributed by atoms with Crippen molar-refractivity contribution in [2.24, 2.45) is 0 Å². The summed E-state index contributed by atoms with van der Waals surface area (Å²) in [5.74, 6) is 0.0267. The van der Waals surface area contributed by atoms with Crippen LogP contribution >= 0.6 is 11.6 Å². The van der Waals surface area contributed by atoms with Crippen molar-refractivity contribution < 1.29 is 13.2 Å². The summed E-state index contributed by atoms with van der Waals surface area (Å²) in [6, 6.07) is 7.84. The number of anilines is 2. The standard InChI is InChI=1S/C15H16ClF3N4/c1-9(2)21-14-22-12(15(17,18)19)7-13(23-14)20-8-10-4-3-5-11(16)6-10/h3-7,9H,8H2,1-2H3,(H2,20,21,22,23). The lowest BCUT2D eigenvalue weighted by Crippen LogP contribution is -2.17. The monoisotopic (exact) mass is 344 g/mol. The zero-order valence-electron chi connectivity index (χ0n) is 12.6. The molecule has 0 aliphatic carbocycles. The molecule has 1 aromatic carbocycles. The fourth-order valence-corrected chi connectivity index (χ4v) is 2.06. The molecule has 0 bridgehead atoms. The van der Waals surface area contributed by atoms with Crippen LogP contribution in [0.3, 0.4) is 0 Å². The Bertz CT molecular complexity index is 674. The molecule has 0 aliphatic rings. The first kappa shape index (κ1) is 17.3. The summed E-state index contributed by atoms with van der Waals surface area (Å²) in [7, 11) is 0. The van der Waals surface area contributed by atoms with Gasteiger partial charge in [0, 0.05) is 23.7 Å². The van der Waals surface area contributed by atoms with E-state index in [1.165, 1.54) is 0 Å². The Labute approximate surface area is 137 Å². The number of aromatic nitrogens is 2. The highest BCUT2D eigenvalue weighted by Crippen LogP contribution is 2.30. The van der Waals surface area contributed by atoms with Gasteiger partial charge >= 0.3 is 6.18 Å². The zero-order chi connectivity index (χ0) is 17.0. The van der Waals surface area contributed by atoms with Crippen molar-refractivity contribution in [2.45, 2.75) is 32.6 Å². The first-order chi connectivity index (χ1) is 10.7. The van der Waals surface area contributed by atoms with E-state index < -0.39 is 11.9 Å². The van der Waals surface area contributed by atoms with E-state index in [2.05, 4.69) is 20.6 Å². The van der Waals surface area contributed by atoms with Crippen molar-refractivity contribution in [1.82, 2.24) is 9.97 Å². The van der Waals surface area contributed by atoms with E-state index in [9.17, 15) is 13.2 Å². The molecule has 0 radical (unpaired) electrons. The predicted octanol–water partition coefficient (Wildman–Crippen LogP) is 4.58. The van der Waals surface area contributed by atoms with Gasteiger partial charge in [0.15, 0.2) is 5.69 Å². The Morgan fingerprint density at radius 3 is 2.52 bits per heavy atom. The molecule has 0 fully saturated rings. The second kappa shape index (κ2) is 7.04. The van der Waals surface area contributed by atoms with Gasteiger partial charge < -0.3 is 10.6 Å². The Morgan fingerprint density at radius 2 is 1.91 bits per heavy atom. The van der Waals surface area contributed by atoms with Crippen LogP contribution in [0.15, 0.2) is 30.3 Å². The minimum Gasteiger partial charge on any atom is -0.366 e. The van der Waals surface area contributed by atoms with Gasteiger partial charge in [-0.2, -0.15) is 18.2 Å². The van der Waals surface area contributed by atoms with Gasteiger partial charge in [0.05, 0.1) is 0 Å². The molecule has 0 unspecified atom stereocenters. The average Bonchev–Trinajstić information content (AvgIpc) is 2.43. The van der Waals surface area contributed by atoms with Crippen molar-refractivity contribution >= 4 is 23.4 Å². The van der Waals surface area contributed by atoms with Gasteiger partial charge in [-0.25, -0.2) is 4.98 Å². The fourth-order valence-electron chi connectivity index (χ4n) is 1.85. The Kier molecular flexibility index (Phi) is 5.30. The molecular weight excluding hydrogens is 329 g/mol. The summed E-state index contributed by atoms with van der Waals surface area (Å²) in [6.45, 7) is 3.89. The summed E-state index contributed by atoms with van der Waals surface area (Å²) in [5, 5.41) is 6.21. The largest absolute Gasteiger partial charge is 0.433 e. The van der Waals surface area contributed by atoms with Crippen molar-refractivity contribution in [3.05, 3.63) is 46.6 Å². The van der Waals surface area contributed by atoms with Gasteiger partial charge in [0.1, 0.15) is 5.82 Å². The molecule has 2 rings (SSSR count). The second-order valence-electron chi connectivity index (χ2n) is 5.24. The molecule has 0 saturated carbocycles. The van der Waals surface area contributed by atoms with Crippen LogP contribution in [0.2, 0.25) is 5.02 Å².